The highest BCUT2D eigenvalue weighted by atomic mass is 16.2. The molecule has 1 atom stereocenters. The van der Waals surface area contributed by atoms with E-state index in [2.05, 4.69) is 46.7 Å². The van der Waals surface area contributed by atoms with Crippen molar-refractivity contribution in [2.75, 3.05) is 32.7 Å². The van der Waals surface area contributed by atoms with Gasteiger partial charge in [0.1, 0.15) is 0 Å². The van der Waals surface area contributed by atoms with E-state index in [0.717, 1.165) is 52.0 Å². The van der Waals surface area contributed by atoms with Crippen LogP contribution in [0, 0.1) is 5.92 Å². The first-order valence-corrected chi connectivity index (χ1v) is 9.07. The van der Waals surface area contributed by atoms with Crippen LogP contribution in [0.3, 0.4) is 0 Å². The molecule has 0 bridgehead atoms. The van der Waals surface area contributed by atoms with E-state index in [1.807, 2.05) is 0 Å². The summed E-state index contributed by atoms with van der Waals surface area (Å²) < 4.78 is 0. The SMILES string of the molecule is CCc1ccc(C2CNCCN2C(=O)CC2CCNCC2)cc1. The lowest BCUT2D eigenvalue weighted by Gasteiger charge is -2.37. The fraction of sp³-hybridized carbons (Fsp3) is 0.632. The second-order valence-electron chi connectivity index (χ2n) is 6.80. The zero-order valence-electron chi connectivity index (χ0n) is 14.2. The van der Waals surface area contributed by atoms with E-state index in [1.54, 1.807) is 0 Å². The number of piperazine rings is 1. The van der Waals surface area contributed by atoms with Crippen molar-refractivity contribution in [1.29, 1.82) is 0 Å². The Kier molecular flexibility index (Phi) is 5.68. The summed E-state index contributed by atoms with van der Waals surface area (Å²) in [6.45, 7) is 6.88. The smallest absolute Gasteiger partial charge is 0.223 e. The summed E-state index contributed by atoms with van der Waals surface area (Å²) in [5.41, 5.74) is 2.61. The van der Waals surface area contributed by atoms with Gasteiger partial charge in [0.25, 0.3) is 0 Å². The minimum Gasteiger partial charge on any atom is -0.333 e. The van der Waals surface area contributed by atoms with Gasteiger partial charge in [-0.3, -0.25) is 4.79 Å². The van der Waals surface area contributed by atoms with Crippen molar-refractivity contribution in [3.63, 3.8) is 0 Å². The average molecular weight is 315 g/mol. The van der Waals surface area contributed by atoms with Gasteiger partial charge in [-0.15, -0.1) is 0 Å². The van der Waals surface area contributed by atoms with E-state index in [0.29, 0.717) is 18.2 Å². The molecule has 0 spiro atoms. The van der Waals surface area contributed by atoms with Crippen molar-refractivity contribution in [3.05, 3.63) is 35.4 Å². The number of amides is 1. The van der Waals surface area contributed by atoms with Gasteiger partial charge in [-0.1, -0.05) is 31.2 Å². The van der Waals surface area contributed by atoms with Gasteiger partial charge in [-0.25, -0.2) is 0 Å². The van der Waals surface area contributed by atoms with Gasteiger partial charge in [0.15, 0.2) is 0 Å². The van der Waals surface area contributed by atoms with E-state index < -0.39 is 0 Å². The number of aryl methyl sites for hydroxylation is 1. The number of benzene rings is 1. The van der Waals surface area contributed by atoms with Gasteiger partial charge in [0, 0.05) is 26.1 Å². The number of nitrogens with zero attached hydrogens (tertiary/aromatic N) is 1. The summed E-state index contributed by atoms with van der Waals surface area (Å²) >= 11 is 0. The van der Waals surface area contributed by atoms with Crippen LogP contribution in [0.1, 0.15) is 43.4 Å². The normalized spacial score (nSPS) is 23.0. The fourth-order valence-corrected chi connectivity index (χ4v) is 3.73. The Morgan fingerprint density at radius 3 is 2.57 bits per heavy atom. The maximum absolute atomic E-state index is 12.9. The zero-order valence-corrected chi connectivity index (χ0v) is 14.2. The molecule has 4 heteroatoms. The van der Waals surface area contributed by atoms with Crippen molar-refractivity contribution >= 4 is 5.91 Å². The summed E-state index contributed by atoms with van der Waals surface area (Å²) in [5.74, 6) is 0.893. The number of carbonyl (C=O) groups excluding carboxylic acids is 1. The standard InChI is InChI=1S/C19H29N3O/c1-2-15-3-5-17(6-4-15)18-14-21-11-12-22(18)19(23)13-16-7-9-20-10-8-16/h3-6,16,18,20-21H,2,7-14H2,1H3. The van der Waals surface area contributed by atoms with Gasteiger partial charge >= 0.3 is 0 Å². The number of nitrogens with one attached hydrogen (secondary N) is 2. The molecule has 23 heavy (non-hydrogen) atoms. The van der Waals surface area contributed by atoms with Crippen molar-refractivity contribution in [2.45, 2.75) is 38.6 Å². The van der Waals surface area contributed by atoms with E-state index >= 15 is 0 Å². The van der Waals surface area contributed by atoms with Crippen LogP contribution in [0.5, 0.6) is 0 Å². The molecular weight excluding hydrogens is 286 g/mol. The Bertz CT molecular complexity index is 508. The monoisotopic (exact) mass is 315 g/mol. The number of hydrogen-bond donors (Lipinski definition) is 2. The molecule has 0 aromatic heterocycles. The molecule has 2 heterocycles. The summed E-state index contributed by atoms with van der Waals surface area (Å²) in [6, 6.07) is 8.96. The molecule has 1 amide bonds. The first-order valence-electron chi connectivity index (χ1n) is 9.07. The molecule has 2 saturated heterocycles. The Labute approximate surface area is 139 Å². The molecule has 1 aromatic carbocycles. The Morgan fingerprint density at radius 1 is 1.13 bits per heavy atom. The van der Waals surface area contributed by atoms with Crippen LogP contribution in [-0.2, 0) is 11.2 Å². The van der Waals surface area contributed by atoms with Crippen LogP contribution < -0.4 is 10.6 Å². The minimum absolute atomic E-state index is 0.184. The largest absolute Gasteiger partial charge is 0.333 e. The average Bonchev–Trinajstić information content (AvgIpc) is 2.62. The second kappa shape index (κ2) is 7.93. The summed E-state index contributed by atoms with van der Waals surface area (Å²) in [5, 5.41) is 6.82. The number of carbonyl (C=O) groups is 1. The van der Waals surface area contributed by atoms with Crippen LogP contribution in [0.15, 0.2) is 24.3 Å². The Balaban J connectivity index is 1.68. The number of hydrogen-bond acceptors (Lipinski definition) is 3. The lowest BCUT2D eigenvalue weighted by atomic mass is 9.93. The van der Waals surface area contributed by atoms with Crippen LogP contribution in [0.2, 0.25) is 0 Å². The highest BCUT2D eigenvalue weighted by Crippen LogP contribution is 2.26. The fourth-order valence-electron chi connectivity index (χ4n) is 3.73. The molecule has 2 aliphatic heterocycles. The quantitative estimate of drug-likeness (QED) is 0.894. The zero-order chi connectivity index (χ0) is 16.1. The first kappa shape index (κ1) is 16.5. The van der Waals surface area contributed by atoms with Crippen LogP contribution in [-0.4, -0.2) is 43.5 Å². The van der Waals surface area contributed by atoms with Crippen LogP contribution in [0.25, 0.3) is 0 Å². The Morgan fingerprint density at radius 2 is 1.87 bits per heavy atom. The molecule has 0 radical (unpaired) electrons. The highest BCUT2D eigenvalue weighted by molar-refractivity contribution is 5.77. The lowest BCUT2D eigenvalue weighted by Crippen LogP contribution is -2.49. The number of rotatable bonds is 4. The van der Waals surface area contributed by atoms with Crippen molar-refractivity contribution < 1.29 is 4.79 Å². The third-order valence-electron chi connectivity index (χ3n) is 5.26. The molecular formula is C19H29N3O. The van der Waals surface area contributed by atoms with Crippen LogP contribution >= 0.6 is 0 Å². The van der Waals surface area contributed by atoms with Gasteiger partial charge in [-0.05, 0) is 49.4 Å². The van der Waals surface area contributed by atoms with Crippen molar-refractivity contribution in [1.82, 2.24) is 15.5 Å². The molecule has 2 aliphatic rings. The molecule has 2 N–H and O–H groups in total. The molecule has 0 aliphatic carbocycles. The van der Waals surface area contributed by atoms with Gasteiger partial charge in [0.2, 0.25) is 5.91 Å². The molecule has 1 aromatic rings. The maximum atomic E-state index is 12.9. The maximum Gasteiger partial charge on any atom is 0.223 e. The molecule has 1 unspecified atom stereocenters. The van der Waals surface area contributed by atoms with E-state index in [4.69, 9.17) is 0 Å². The van der Waals surface area contributed by atoms with Gasteiger partial charge in [-0.2, -0.15) is 0 Å². The Hall–Kier alpha value is -1.39. The highest BCUT2D eigenvalue weighted by Gasteiger charge is 2.29. The van der Waals surface area contributed by atoms with Gasteiger partial charge < -0.3 is 15.5 Å². The third-order valence-corrected chi connectivity index (χ3v) is 5.26. The van der Waals surface area contributed by atoms with E-state index in [1.165, 1.54) is 11.1 Å². The van der Waals surface area contributed by atoms with Crippen molar-refractivity contribution in [3.8, 4) is 0 Å². The van der Waals surface area contributed by atoms with Crippen LogP contribution in [0.4, 0.5) is 0 Å². The molecule has 3 rings (SSSR count). The first-order chi connectivity index (χ1) is 11.3. The summed E-state index contributed by atoms with van der Waals surface area (Å²) in [7, 11) is 0. The second-order valence-corrected chi connectivity index (χ2v) is 6.80. The minimum atomic E-state index is 0.184. The number of piperidine rings is 1. The predicted molar refractivity (Wildman–Crippen MR) is 93.4 cm³/mol. The topological polar surface area (TPSA) is 44.4 Å². The van der Waals surface area contributed by atoms with E-state index in [9.17, 15) is 4.79 Å². The summed E-state index contributed by atoms with van der Waals surface area (Å²) in [4.78, 5) is 15.0. The molecule has 4 nitrogen and oxygen atoms in total. The van der Waals surface area contributed by atoms with E-state index in [-0.39, 0.29) is 6.04 Å². The molecule has 126 valence electrons. The predicted octanol–water partition coefficient (Wildman–Crippen LogP) is 2.11. The lowest BCUT2D eigenvalue weighted by molar-refractivity contribution is -0.135. The van der Waals surface area contributed by atoms with Gasteiger partial charge in [0.05, 0.1) is 6.04 Å². The summed E-state index contributed by atoms with van der Waals surface area (Å²) in [6.07, 6.45) is 4.04. The molecule has 2 fully saturated rings. The third kappa shape index (κ3) is 4.12. The molecule has 0 saturated carbocycles. The van der Waals surface area contributed by atoms with Crippen molar-refractivity contribution in [2.24, 2.45) is 5.92 Å².